The Morgan fingerprint density at radius 2 is 1.79 bits per heavy atom. The Balaban J connectivity index is 1.89. The van der Waals surface area contributed by atoms with Crippen molar-refractivity contribution in [3.8, 4) is 0 Å². The fraction of sp³-hybridized carbons (Fsp3) is 0.714. The standard InChI is InChI=1S/C14H25N5/c1-12(2)13(19-9-7-18(3)8-10-19)11-17-14-15-5-4-6-16-14/h4-6,12-13H,7-11H2,1-3H3,(H,15,16,17). The van der Waals surface area contributed by atoms with Gasteiger partial charge in [-0.15, -0.1) is 0 Å². The molecule has 5 nitrogen and oxygen atoms in total. The van der Waals surface area contributed by atoms with Crippen LogP contribution in [0.2, 0.25) is 0 Å². The predicted molar refractivity (Wildman–Crippen MR) is 78.2 cm³/mol. The quantitative estimate of drug-likeness (QED) is 0.863. The average molecular weight is 263 g/mol. The summed E-state index contributed by atoms with van der Waals surface area (Å²) >= 11 is 0. The van der Waals surface area contributed by atoms with Crippen molar-refractivity contribution in [1.82, 2.24) is 19.8 Å². The molecule has 0 amide bonds. The van der Waals surface area contributed by atoms with Crippen molar-refractivity contribution in [2.75, 3.05) is 45.1 Å². The first-order valence-electron chi connectivity index (χ1n) is 7.10. The lowest BCUT2D eigenvalue weighted by Crippen LogP contribution is -2.52. The highest BCUT2D eigenvalue weighted by Crippen LogP contribution is 2.14. The van der Waals surface area contributed by atoms with Crippen molar-refractivity contribution < 1.29 is 0 Å². The second kappa shape index (κ2) is 6.82. The zero-order valence-corrected chi connectivity index (χ0v) is 12.2. The zero-order chi connectivity index (χ0) is 13.7. The number of aromatic nitrogens is 2. The minimum absolute atomic E-state index is 0.539. The molecule has 5 heteroatoms. The van der Waals surface area contributed by atoms with Crippen molar-refractivity contribution in [3.63, 3.8) is 0 Å². The number of nitrogens with one attached hydrogen (secondary N) is 1. The van der Waals surface area contributed by atoms with Gasteiger partial charge in [0.15, 0.2) is 0 Å². The van der Waals surface area contributed by atoms with E-state index in [1.54, 1.807) is 12.4 Å². The first-order valence-corrected chi connectivity index (χ1v) is 7.10. The molecule has 1 aliphatic rings. The lowest BCUT2D eigenvalue weighted by atomic mass is 10.0. The summed E-state index contributed by atoms with van der Waals surface area (Å²) in [5.74, 6) is 1.35. The number of piperazine rings is 1. The van der Waals surface area contributed by atoms with Crippen LogP contribution >= 0.6 is 0 Å². The number of nitrogens with zero attached hydrogens (tertiary/aromatic N) is 4. The van der Waals surface area contributed by atoms with E-state index in [-0.39, 0.29) is 0 Å². The van der Waals surface area contributed by atoms with Gasteiger partial charge in [0.05, 0.1) is 0 Å². The Bertz CT molecular complexity index is 359. The van der Waals surface area contributed by atoms with E-state index in [0.29, 0.717) is 12.0 Å². The van der Waals surface area contributed by atoms with E-state index in [1.165, 1.54) is 0 Å². The van der Waals surface area contributed by atoms with E-state index < -0.39 is 0 Å². The zero-order valence-electron chi connectivity index (χ0n) is 12.2. The van der Waals surface area contributed by atoms with Gasteiger partial charge in [-0.1, -0.05) is 13.8 Å². The molecule has 1 atom stereocenters. The lowest BCUT2D eigenvalue weighted by molar-refractivity contribution is 0.0943. The van der Waals surface area contributed by atoms with E-state index in [2.05, 4.69) is 46.0 Å². The highest BCUT2D eigenvalue weighted by molar-refractivity contribution is 5.22. The third-order valence-electron chi connectivity index (χ3n) is 3.81. The molecule has 1 saturated heterocycles. The summed E-state index contributed by atoms with van der Waals surface area (Å²) in [6.45, 7) is 10.1. The minimum atomic E-state index is 0.539. The smallest absolute Gasteiger partial charge is 0.222 e. The fourth-order valence-corrected chi connectivity index (χ4v) is 2.53. The molecule has 0 aromatic carbocycles. The van der Waals surface area contributed by atoms with Crippen LogP contribution in [-0.2, 0) is 0 Å². The Hall–Kier alpha value is -1.20. The maximum Gasteiger partial charge on any atom is 0.222 e. The normalized spacial score (nSPS) is 19.6. The highest BCUT2D eigenvalue weighted by atomic mass is 15.3. The number of likely N-dealkylation sites (N-methyl/N-ethyl adjacent to an activating group) is 1. The van der Waals surface area contributed by atoms with Crippen LogP contribution in [0.4, 0.5) is 5.95 Å². The second-order valence-electron chi connectivity index (χ2n) is 5.60. The third kappa shape index (κ3) is 4.14. The number of rotatable bonds is 5. The molecule has 2 heterocycles. The van der Waals surface area contributed by atoms with Crippen LogP contribution in [0.25, 0.3) is 0 Å². The number of hydrogen-bond donors (Lipinski definition) is 1. The Kier molecular flexibility index (Phi) is 5.10. The molecule has 1 unspecified atom stereocenters. The van der Waals surface area contributed by atoms with Gasteiger partial charge < -0.3 is 10.2 Å². The Morgan fingerprint density at radius 3 is 2.37 bits per heavy atom. The summed E-state index contributed by atoms with van der Waals surface area (Å²) in [5.41, 5.74) is 0. The van der Waals surface area contributed by atoms with Gasteiger partial charge in [-0.25, -0.2) is 9.97 Å². The molecule has 0 aliphatic carbocycles. The number of hydrogen-bond acceptors (Lipinski definition) is 5. The molecule has 2 rings (SSSR count). The van der Waals surface area contributed by atoms with Gasteiger partial charge in [-0.05, 0) is 19.0 Å². The van der Waals surface area contributed by atoms with E-state index in [4.69, 9.17) is 0 Å². The first-order chi connectivity index (χ1) is 9.16. The lowest BCUT2D eigenvalue weighted by Gasteiger charge is -2.39. The van der Waals surface area contributed by atoms with Crippen LogP contribution < -0.4 is 5.32 Å². The molecule has 106 valence electrons. The van der Waals surface area contributed by atoms with Crippen LogP contribution in [0, 0.1) is 5.92 Å². The van der Waals surface area contributed by atoms with Crippen LogP contribution in [-0.4, -0.2) is 65.6 Å². The van der Waals surface area contributed by atoms with Gasteiger partial charge in [-0.2, -0.15) is 0 Å². The van der Waals surface area contributed by atoms with Gasteiger partial charge in [0, 0.05) is 51.2 Å². The maximum absolute atomic E-state index is 4.22. The second-order valence-corrected chi connectivity index (χ2v) is 5.60. The van der Waals surface area contributed by atoms with Crippen molar-refractivity contribution >= 4 is 5.95 Å². The summed E-state index contributed by atoms with van der Waals surface area (Å²) in [6, 6.07) is 2.38. The average Bonchev–Trinajstić information content (AvgIpc) is 2.42. The topological polar surface area (TPSA) is 44.3 Å². The Labute approximate surface area is 116 Å². The highest BCUT2D eigenvalue weighted by Gasteiger charge is 2.24. The number of anilines is 1. The predicted octanol–water partition coefficient (Wildman–Crippen LogP) is 1.16. The Morgan fingerprint density at radius 1 is 1.16 bits per heavy atom. The molecule has 0 bridgehead atoms. The minimum Gasteiger partial charge on any atom is -0.353 e. The molecule has 1 fully saturated rings. The monoisotopic (exact) mass is 263 g/mol. The molecule has 1 aliphatic heterocycles. The first kappa shape index (κ1) is 14.2. The van der Waals surface area contributed by atoms with Crippen molar-refractivity contribution in [3.05, 3.63) is 18.5 Å². The largest absolute Gasteiger partial charge is 0.353 e. The van der Waals surface area contributed by atoms with Crippen molar-refractivity contribution in [2.24, 2.45) is 5.92 Å². The summed E-state index contributed by atoms with van der Waals surface area (Å²) in [4.78, 5) is 13.4. The third-order valence-corrected chi connectivity index (χ3v) is 3.81. The van der Waals surface area contributed by atoms with Crippen molar-refractivity contribution in [2.45, 2.75) is 19.9 Å². The fourth-order valence-electron chi connectivity index (χ4n) is 2.53. The molecule has 1 aromatic heterocycles. The van der Waals surface area contributed by atoms with Crippen LogP contribution in [0.5, 0.6) is 0 Å². The molecule has 1 N–H and O–H groups in total. The summed E-state index contributed by atoms with van der Waals surface area (Å²) in [5, 5.41) is 3.36. The van der Waals surface area contributed by atoms with E-state index in [0.717, 1.165) is 38.7 Å². The SMILES string of the molecule is CC(C)C(CNc1ncccn1)N1CCN(C)CC1. The van der Waals surface area contributed by atoms with Crippen molar-refractivity contribution in [1.29, 1.82) is 0 Å². The van der Waals surface area contributed by atoms with Crippen LogP contribution in [0.3, 0.4) is 0 Å². The van der Waals surface area contributed by atoms with E-state index in [1.807, 2.05) is 6.07 Å². The van der Waals surface area contributed by atoms with Crippen LogP contribution in [0.1, 0.15) is 13.8 Å². The van der Waals surface area contributed by atoms with Gasteiger partial charge in [0.1, 0.15) is 0 Å². The summed E-state index contributed by atoms with van der Waals surface area (Å²) in [6.07, 6.45) is 3.55. The van der Waals surface area contributed by atoms with Gasteiger partial charge >= 0.3 is 0 Å². The maximum atomic E-state index is 4.22. The molecule has 0 spiro atoms. The van der Waals surface area contributed by atoms with Gasteiger partial charge in [0.25, 0.3) is 0 Å². The molecular formula is C14H25N5. The molecular weight excluding hydrogens is 238 g/mol. The van der Waals surface area contributed by atoms with Gasteiger partial charge in [-0.3, -0.25) is 4.90 Å². The van der Waals surface area contributed by atoms with E-state index in [9.17, 15) is 0 Å². The molecule has 19 heavy (non-hydrogen) atoms. The summed E-state index contributed by atoms with van der Waals surface area (Å²) < 4.78 is 0. The van der Waals surface area contributed by atoms with Gasteiger partial charge in [0.2, 0.25) is 5.95 Å². The van der Waals surface area contributed by atoms with E-state index >= 15 is 0 Å². The molecule has 0 saturated carbocycles. The summed E-state index contributed by atoms with van der Waals surface area (Å²) in [7, 11) is 2.19. The molecule has 1 aromatic rings. The molecule has 0 radical (unpaired) electrons. The van der Waals surface area contributed by atoms with Crippen LogP contribution in [0.15, 0.2) is 18.5 Å².